The van der Waals surface area contributed by atoms with Crippen molar-refractivity contribution >= 4 is 5.97 Å². The quantitative estimate of drug-likeness (QED) is 0.474. The lowest BCUT2D eigenvalue weighted by Gasteiger charge is -2.12. The third kappa shape index (κ3) is 9.73. The minimum atomic E-state index is -0.0904. The van der Waals surface area contributed by atoms with E-state index in [1.54, 1.807) is 0 Å². The lowest BCUT2D eigenvalue weighted by Crippen LogP contribution is -2.19. The van der Waals surface area contributed by atoms with Crippen molar-refractivity contribution in [3.63, 3.8) is 0 Å². The Morgan fingerprint density at radius 2 is 2.07 bits per heavy atom. The van der Waals surface area contributed by atoms with E-state index in [1.165, 1.54) is 19.3 Å². The standard InChI is InChI=1S/C12H25NO2/c1-4-5-6-7-8-11(2)15-12(14)9-10-13-3/h11,13H,4-10H2,1-3H3. The molecule has 0 rings (SSSR count). The fraction of sp³-hybridized carbons (Fsp3) is 0.917. The predicted molar refractivity (Wildman–Crippen MR) is 62.9 cm³/mol. The summed E-state index contributed by atoms with van der Waals surface area (Å²) in [4.78, 5) is 11.2. The molecule has 0 aliphatic carbocycles. The Morgan fingerprint density at radius 3 is 2.67 bits per heavy atom. The monoisotopic (exact) mass is 215 g/mol. The van der Waals surface area contributed by atoms with Crippen molar-refractivity contribution in [2.45, 2.75) is 58.5 Å². The van der Waals surface area contributed by atoms with Crippen LogP contribution in [-0.4, -0.2) is 25.7 Å². The first-order valence-corrected chi connectivity index (χ1v) is 6.04. The van der Waals surface area contributed by atoms with Crippen LogP contribution in [0.5, 0.6) is 0 Å². The molecule has 0 bridgehead atoms. The van der Waals surface area contributed by atoms with Crippen LogP contribution in [0.15, 0.2) is 0 Å². The SMILES string of the molecule is CCCCCCC(C)OC(=O)CCNC. The molecule has 0 fully saturated rings. The molecule has 0 amide bonds. The third-order valence-corrected chi connectivity index (χ3v) is 2.38. The van der Waals surface area contributed by atoms with Gasteiger partial charge in [0.15, 0.2) is 0 Å². The summed E-state index contributed by atoms with van der Waals surface area (Å²) >= 11 is 0. The largest absolute Gasteiger partial charge is 0.463 e. The molecule has 15 heavy (non-hydrogen) atoms. The minimum Gasteiger partial charge on any atom is -0.463 e. The molecular formula is C12H25NO2. The number of rotatable bonds is 9. The molecule has 1 atom stereocenters. The van der Waals surface area contributed by atoms with Crippen LogP contribution in [0.1, 0.15) is 52.4 Å². The van der Waals surface area contributed by atoms with E-state index in [0.29, 0.717) is 13.0 Å². The Balaban J connectivity index is 3.38. The molecule has 1 N–H and O–H groups in total. The molecule has 3 heteroatoms. The van der Waals surface area contributed by atoms with Gasteiger partial charge in [-0.2, -0.15) is 0 Å². The van der Waals surface area contributed by atoms with E-state index in [4.69, 9.17) is 4.74 Å². The first-order valence-electron chi connectivity index (χ1n) is 6.04. The van der Waals surface area contributed by atoms with Crippen LogP contribution in [0.4, 0.5) is 0 Å². The molecule has 0 aromatic rings. The molecule has 0 aliphatic heterocycles. The van der Waals surface area contributed by atoms with Gasteiger partial charge in [0.2, 0.25) is 0 Å². The molecule has 0 saturated carbocycles. The van der Waals surface area contributed by atoms with Crippen molar-refractivity contribution in [1.29, 1.82) is 0 Å². The molecule has 90 valence electrons. The van der Waals surface area contributed by atoms with Gasteiger partial charge in [-0.3, -0.25) is 4.79 Å². The highest BCUT2D eigenvalue weighted by Crippen LogP contribution is 2.08. The highest BCUT2D eigenvalue weighted by atomic mass is 16.5. The van der Waals surface area contributed by atoms with Crippen LogP contribution in [-0.2, 0) is 9.53 Å². The van der Waals surface area contributed by atoms with Crippen molar-refractivity contribution in [1.82, 2.24) is 5.32 Å². The van der Waals surface area contributed by atoms with Gasteiger partial charge < -0.3 is 10.1 Å². The Labute approximate surface area is 93.6 Å². The zero-order chi connectivity index (χ0) is 11.5. The number of hydrogen-bond acceptors (Lipinski definition) is 3. The van der Waals surface area contributed by atoms with Crippen LogP contribution in [0.3, 0.4) is 0 Å². The first kappa shape index (κ1) is 14.4. The summed E-state index contributed by atoms with van der Waals surface area (Å²) in [5, 5.41) is 2.93. The zero-order valence-corrected chi connectivity index (χ0v) is 10.3. The molecule has 3 nitrogen and oxygen atoms in total. The number of ether oxygens (including phenoxy) is 1. The zero-order valence-electron chi connectivity index (χ0n) is 10.3. The molecule has 0 heterocycles. The van der Waals surface area contributed by atoms with Crippen LogP contribution in [0.25, 0.3) is 0 Å². The van der Waals surface area contributed by atoms with Crippen molar-refractivity contribution in [3.8, 4) is 0 Å². The number of carbonyl (C=O) groups is 1. The van der Waals surface area contributed by atoms with E-state index in [2.05, 4.69) is 12.2 Å². The minimum absolute atomic E-state index is 0.0752. The lowest BCUT2D eigenvalue weighted by molar-refractivity contribution is -0.148. The first-order chi connectivity index (χ1) is 7.20. The Hall–Kier alpha value is -0.570. The van der Waals surface area contributed by atoms with Crippen LogP contribution in [0.2, 0.25) is 0 Å². The van der Waals surface area contributed by atoms with Crippen molar-refractivity contribution < 1.29 is 9.53 Å². The highest BCUT2D eigenvalue weighted by Gasteiger charge is 2.08. The van der Waals surface area contributed by atoms with Crippen molar-refractivity contribution in [3.05, 3.63) is 0 Å². The molecule has 0 radical (unpaired) electrons. The number of nitrogens with one attached hydrogen (secondary N) is 1. The van der Waals surface area contributed by atoms with Gasteiger partial charge in [0, 0.05) is 6.54 Å². The van der Waals surface area contributed by atoms with E-state index in [-0.39, 0.29) is 12.1 Å². The second-order valence-corrected chi connectivity index (χ2v) is 4.00. The summed E-state index contributed by atoms with van der Waals surface area (Å²) in [6, 6.07) is 0. The molecule has 0 aromatic carbocycles. The van der Waals surface area contributed by atoms with Crippen molar-refractivity contribution in [2.75, 3.05) is 13.6 Å². The van der Waals surface area contributed by atoms with Gasteiger partial charge in [-0.1, -0.05) is 26.2 Å². The third-order valence-electron chi connectivity index (χ3n) is 2.38. The normalized spacial score (nSPS) is 12.5. The fourth-order valence-electron chi connectivity index (χ4n) is 1.43. The van der Waals surface area contributed by atoms with Crippen LogP contribution >= 0.6 is 0 Å². The molecule has 0 aromatic heterocycles. The van der Waals surface area contributed by atoms with Gasteiger partial charge in [0.05, 0.1) is 12.5 Å². The van der Waals surface area contributed by atoms with E-state index in [0.717, 1.165) is 12.8 Å². The molecule has 1 unspecified atom stereocenters. The van der Waals surface area contributed by atoms with Gasteiger partial charge in [-0.05, 0) is 26.8 Å². The van der Waals surface area contributed by atoms with Gasteiger partial charge >= 0.3 is 5.97 Å². The van der Waals surface area contributed by atoms with E-state index in [9.17, 15) is 4.79 Å². The maximum atomic E-state index is 11.2. The summed E-state index contributed by atoms with van der Waals surface area (Å²) in [6.45, 7) is 4.87. The van der Waals surface area contributed by atoms with Gasteiger partial charge in [0.25, 0.3) is 0 Å². The topological polar surface area (TPSA) is 38.3 Å². The summed E-state index contributed by atoms with van der Waals surface area (Å²) < 4.78 is 5.25. The summed E-state index contributed by atoms with van der Waals surface area (Å²) in [5.41, 5.74) is 0. The smallest absolute Gasteiger partial charge is 0.307 e. The Kier molecular flexibility index (Phi) is 9.59. The number of carbonyl (C=O) groups excluding carboxylic acids is 1. The fourth-order valence-corrected chi connectivity index (χ4v) is 1.43. The number of unbranched alkanes of at least 4 members (excludes halogenated alkanes) is 3. The average Bonchev–Trinajstić information content (AvgIpc) is 2.21. The predicted octanol–water partition coefficient (Wildman–Crippen LogP) is 2.50. The molecule has 0 spiro atoms. The van der Waals surface area contributed by atoms with E-state index in [1.807, 2.05) is 14.0 Å². The molecule has 0 aliphatic rings. The van der Waals surface area contributed by atoms with Gasteiger partial charge in [-0.25, -0.2) is 0 Å². The van der Waals surface area contributed by atoms with Crippen molar-refractivity contribution in [2.24, 2.45) is 0 Å². The maximum absolute atomic E-state index is 11.2. The van der Waals surface area contributed by atoms with Crippen LogP contribution < -0.4 is 5.32 Å². The van der Waals surface area contributed by atoms with E-state index < -0.39 is 0 Å². The second kappa shape index (κ2) is 9.97. The maximum Gasteiger partial charge on any atom is 0.307 e. The summed E-state index contributed by atoms with van der Waals surface area (Å²) in [5.74, 6) is -0.0904. The molecular weight excluding hydrogens is 190 g/mol. The highest BCUT2D eigenvalue weighted by molar-refractivity contribution is 5.69. The molecule has 0 saturated heterocycles. The lowest BCUT2D eigenvalue weighted by atomic mass is 10.1. The van der Waals surface area contributed by atoms with E-state index >= 15 is 0 Å². The average molecular weight is 215 g/mol. The summed E-state index contributed by atoms with van der Waals surface area (Å²) in [6.07, 6.45) is 6.47. The second-order valence-electron chi connectivity index (χ2n) is 4.00. The number of esters is 1. The van der Waals surface area contributed by atoms with Gasteiger partial charge in [0.1, 0.15) is 0 Å². The Bertz CT molecular complexity index is 160. The van der Waals surface area contributed by atoms with Crippen LogP contribution in [0, 0.1) is 0 Å². The number of hydrogen-bond donors (Lipinski definition) is 1. The summed E-state index contributed by atoms with van der Waals surface area (Å²) in [7, 11) is 1.83. The Morgan fingerprint density at radius 1 is 1.33 bits per heavy atom. The van der Waals surface area contributed by atoms with Gasteiger partial charge in [-0.15, -0.1) is 0 Å².